The third-order valence-corrected chi connectivity index (χ3v) is 8.24. The highest BCUT2D eigenvalue weighted by molar-refractivity contribution is 9.10. The van der Waals surface area contributed by atoms with Crippen LogP contribution in [-0.2, 0) is 14.3 Å². The SMILES string of the molecule is O=C(COC(=O)CC12CC3CC(CC(Br)(C3)C1)C2)Nc1cccc(C(=O)NC2CC2)c1. The predicted octanol–water partition coefficient (Wildman–Crippen LogP) is 4.18. The van der Waals surface area contributed by atoms with E-state index in [1.807, 2.05) is 0 Å². The largest absolute Gasteiger partial charge is 0.456 e. The molecular formula is C24H29BrN2O4. The molecule has 31 heavy (non-hydrogen) atoms. The van der Waals surface area contributed by atoms with Gasteiger partial charge >= 0.3 is 5.97 Å². The van der Waals surface area contributed by atoms with E-state index in [1.54, 1.807) is 24.3 Å². The second-order valence-corrected chi connectivity index (χ2v) is 12.0. The summed E-state index contributed by atoms with van der Waals surface area (Å²) in [5.74, 6) is 0.605. The summed E-state index contributed by atoms with van der Waals surface area (Å²) in [5.41, 5.74) is 1.06. The lowest BCUT2D eigenvalue weighted by Gasteiger charge is -2.60. The number of ether oxygens (including phenoxy) is 1. The summed E-state index contributed by atoms with van der Waals surface area (Å²) in [4.78, 5) is 37.1. The first-order chi connectivity index (χ1) is 14.8. The number of carbonyl (C=O) groups is 3. The molecule has 0 radical (unpaired) electrons. The lowest BCUT2D eigenvalue weighted by Crippen LogP contribution is -2.53. The van der Waals surface area contributed by atoms with Crippen molar-refractivity contribution in [2.45, 2.75) is 68.2 Å². The van der Waals surface area contributed by atoms with E-state index in [2.05, 4.69) is 26.6 Å². The first-order valence-corrected chi connectivity index (χ1v) is 12.1. The number of rotatable bonds is 7. The fourth-order valence-electron chi connectivity index (χ4n) is 6.48. The fraction of sp³-hybridized carbons (Fsp3) is 0.625. The van der Waals surface area contributed by atoms with E-state index >= 15 is 0 Å². The Morgan fingerprint density at radius 2 is 1.84 bits per heavy atom. The van der Waals surface area contributed by atoms with Crippen LogP contribution in [0.15, 0.2) is 24.3 Å². The molecular weight excluding hydrogens is 460 g/mol. The molecule has 0 aliphatic heterocycles. The van der Waals surface area contributed by atoms with E-state index in [0.29, 0.717) is 29.5 Å². The van der Waals surface area contributed by atoms with Gasteiger partial charge in [-0.2, -0.15) is 0 Å². The van der Waals surface area contributed by atoms with Crippen LogP contribution in [0.25, 0.3) is 0 Å². The minimum Gasteiger partial charge on any atom is -0.456 e. The molecule has 6 rings (SSSR count). The summed E-state index contributed by atoms with van der Waals surface area (Å²) in [6.45, 7) is -0.306. The van der Waals surface area contributed by atoms with E-state index in [0.717, 1.165) is 32.1 Å². The van der Waals surface area contributed by atoms with Gasteiger partial charge in [0.25, 0.3) is 11.8 Å². The van der Waals surface area contributed by atoms with Gasteiger partial charge in [0.15, 0.2) is 6.61 Å². The molecule has 5 fully saturated rings. The van der Waals surface area contributed by atoms with Gasteiger partial charge in [-0.1, -0.05) is 22.0 Å². The molecule has 0 spiro atoms. The summed E-state index contributed by atoms with van der Waals surface area (Å²) < 4.78 is 5.54. The zero-order chi connectivity index (χ0) is 21.6. The third kappa shape index (κ3) is 4.81. The number of esters is 1. The molecule has 2 atom stereocenters. The van der Waals surface area contributed by atoms with Crippen molar-refractivity contribution in [3.8, 4) is 0 Å². The maximum absolute atomic E-state index is 12.6. The highest BCUT2D eigenvalue weighted by Gasteiger charge is 2.57. The summed E-state index contributed by atoms with van der Waals surface area (Å²) in [6, 6.07) is 7.08. The van der Waals surface area contributed by atoms with Gasteiger partial charge in [-0.05, 0) is 86.8 Å². The molecule has 4 bridgehead atoms. The Labute approximate surface area is 191 Å². The molecule has 5 aliphatic carbocycles. The monoisotopic (exact) mass is 488 g/mol. The molecule has 1 aromatic rings. The number of halogens is 1. The van der Waals surface area contributed by atoms with Crippen molar-refractivity contribution in [3.05, 3.63) is 29.8 Å². The molecule has 6 nitrogen and oxygen atoms in total. The van der Waals surface area contributed by atoms with Crippen molar-refractivity contribution in [1.29, 1.82) is 0 Å². The van der Waals surface area contributed by atoms with Crippen molar-refractivity contribution < 1.29 is 19.1 Å². The van der Waals surface area contributed by atoms with Gasteiger partial charge in [0.1, 0.15) is 0 Å². The number of carbonyl (C=O) groups excluding carboxylic acids is 3. The van der Waals surface area contributed by atoms with Gasteiger partial charge in [-0.3, -0.25) is 14.4 Å². The summed E-state index contributed by atoms with van der Waals surface area (Å²) in [7, 11) is 0. The second kappa shape index (κ2) is 7.91. The Hall–Kier alpha value is -1.89. The summed E-state index contributed by atoms with van der Waals surface area (Å²) in [5, 5.41) is 5.65. The van der Waals surface area contributed by atoms with Crippen LogP contribution in [0.2, 0.25) is 0 Å². The minimum absolute atomic E-state index is 0.0321. The number of hydrogen-bond donors (Lipinski definition) is 2. The number of hydrogen-bond acceptors (Lipinski definition) is 4. The molecule has 0 heterocycles. The zero-order valence-corrected chi connectivity index (χ0v) is 19.2. The maximum Gasteiger partial charge on any atom is 0.306 e. The van der Waals surface area contributed by atoms with Crippen molar-refractivity contribution >= 4 is 39.4 Å². The van der Waals surface area contributed by atoms with Gasteiger partial charge in [-0.25, -0.2) is 0 Å². The predicted molar refractivity (Wildman–Crippen MR) is 120 cm³/mol. The zero-order valence-electron chi connectivity index (χ0n) is 17.6. The van der Waals surface area contributed by atoms with Crippen LogP contribution >= 0.6 is 15.9 Å². The topological polar surface area (TPSA) is 84.5 Å². The third-order valence-electron chi connectivity index (χ3n) is 7.32. The van der Waals surface area contributed by atoms with Crippen molar-refractivity contribution in [2.24, 2.45) is 17.3 Å². The standard InChI is InChI=1S/C24H29BrN2O4/c25-24-10-15-6-16(11-24)9-23(8-15,14-24)12-21(29)31-13-20(28)26-19-3-1-2-17(7-19)22(30)27-18-4-5-18/h1-3,7,15-16,18H,4-6,8-14H2,(H,26,28)(H,27,30). The van der Waals surface area contributed by atoms with Gasteiger partial charge in [0.2, 0.25) is 0 Å². The number of alkyl halides is 1. The number of nitrogens with one attached hydrogen (secondary N) is 2. The van der Waals surface area contributed by atoms with Crippen LogP contribution in [-0.4, -0.2) is 34.8 Å². The summed E-state index contributed by atoms with van der Waals surface area (Å²) >= 11 is 3.97. The normalized spacial score (nSPS) is 33.1. The van der Waals surface area contributed by atoms with Crippen LogP contribution in [0.4, 0.5) is 5.69 Å². The lowest BCUT2D eigenvalue weighted by molar-refractivity contribution is -0.153. The van der Waals surface area contributed by atoms with E-state index in [-0.39, 0.29) is 34.3 Å². The lowest BCUT2D eigenvalue weighted by atomic mass is 9.49. The Morgan fingerprint density at radius 3 is 2.52 bits per heavy atom. The van der Waals surface area contributed by atoms with Crippen LogP contribution in [0.3, 0.4) is 0 Å². The summed E-state index contributed by atoms with van der Waals surface area (Å²) in [6.07, 6.45) is 9.42. The van der Waals surface area contributed by atoms with Crippen molar-refractivity contribution in [2.75, 3.05) is 11.9 Å². The van der Waals surface area contributed by atoms with Crippen molar-refractivity contribution in [3.63, 3.8) is 0 Å². The molecule has 7 heteroatoms. The smallest absolute Gasteiger partial charge is 0.306 e. The van der Waals surface area contributed by atoms with Crippen LogP contribution in [0.1, 0.15) is 68.1 Å². The first-order valence-electron chi connectivity index (χ1n) is 11.4. The van der Waals surface area contributed by atoms with E-state index in [9.17, 15) is 14.4 Å². The van der Waals surface area contributed by atoms with Gasteiger partial charge in [0, 0.05) is 21.6 Å². The van der Waals surface area contributed by atoms with Crippen molar-refractivity contribution in [1.82, 2.24) is 5.32 Å². The average Bonchev–Trinajstić information content (AvgIpc) is 3.48. The Bertz CT molecular complexity index is 899. The minimum atomic E-state index is -0.393. The van der Waals surface area contributed by atoms with Gasteiger partial charge in [0.05, 0.1) is 6.42 Å². The molecule has 2 N–H and O–H groups in total. The van der Waals surface area contributed by atoms with E-state index < -0.39 is 5.91 Å². The second-order valence-electron chi connectivity index (χ2n) is 10.3. The maximum atomic E-state index is 12.6. The Morgan fingerprint density at radius 1 is 1.10 bits per heavy atom. The number of anilines is 1. The van der Waals surface area contributed by atoms with Crippen LogP contribution < -0.4 is 10.6 Å². The Balaban J connectivity index is 1.12. The molecule has 0 aromatic heterocycles. The van der Waals surface area contributed by atoms with E-state index in [1.165, 1.54) is 19.3 Å². The molecule has 5 saturated carbocycles. The fourth-order valence-corrected chi connectivity index (χ4v) is 7.99. The highest BCUT2D eigenvalue weighted by Crippen LogP contribution is 2.65. The average molecular weight is 489 g/mol. The van der Waals surface area contributed by atoms with Gasteiger partial charge in [-0.15, -0.1) is 0 Å². The highest BCUT2D eigenvalue weighted by atomic mass is 79.9. The quantitative estimate of drug-likeness (QED) is 0.445. The first kappa shape index (κ1) is 21.0. The number of amides is 2. The molecule has 0 saturated heterocycles. The molecule has 5 aliphatic rings. The van der Waals surface area contributed by atoms with Gasteiger partial charge < -0.3 is 15.4 Å². The van der Waals surface area contributed by atoms with E-state index in [4.69, 9.17) is 4.74 Å². The van der Waals surface area contributed by atoms with Crippen LogP contribution in [0, 0.1) is 17.3 Å². The molecule has 2 unspecified atom stereocenters. The van der Waals surface area contributed by atoms with Crippen LogP contribution in [0.5, 0.6) is 0 Å². The number of benzene rings is 1. The Kier molecular flexibility index (Phi) is 5.35. The molecule has 166 valence electrons. The molecule has 2 amide bonds. The molecule has 1 aromatic carbocycles.